The summed E-state index contributed by atoms with van der Waals surface area (Å²) in [6, 6.07) is 7.23. The van der Waals surface area contributed by atoms with Crippen molar-refractivity contribution in [1.82, 2.24) is 4.72 Å². The van der Waals surface area contributed by atoms with Crippen molar-refractivity contribution in [2.75, 3.05) is 11.9 Å². The van der Waals surface area contributed by atoms with Gasteiger partial charge in [0.25, 0.3) is 0 Å². The zero-order chi connectivity index (χ0) is 22.5. The Labute approximate surface area is 179 Å². The maximum Gasteiger partial charge on any atom is 0.412 e. The molecule has 1 amide bonds. The molecule has 7 nitrogen and oxygen atoms in total. The SMILES string of the molecule is CC(=O)c1cc(S(=O)(=O)NCCCc2ccc(F)cc2)c(NC(=O)OC(C)(C)C)s1. The molecule has 0 saturated carbocycles. The first-order valence-electron chi connectivity index (χ1n) is 9.26. The molecule has 0 spiro atoms. The molecule has 0 aliphatic heterocycles. The molecule has 2 N–H and O–H groups in total. The monoisotopic (exact) mass is 456 g/mol. The number of sulfonamides is 1. The molecule has 1 aromatic carbocycles. The highest BCUT2D eigenvalue weighted by atomic mass is 32.2. The van der Waals surface area contributed by atoms with Gasteiger partial charge in [0.05, 0.1) is 4.88 Å². The summed E-state index contributed by atoms with van der Waals surface area (Å²) in [5.41, 5.74) is 0.125. The fourth-order valence-corrected chi connectivity index (χ4v) is 4.96. The Morgan fingerprint density at radius 1 is 1.17 bits per heavy atom. The minimum absolute atomic E-state index is 0.0143. The lowest BCUT2D eigenvalue weighted by Crippen LogP contribution is -2.29. The van der Waals surface area contributed by atoms with Gasteiger partial charge < -0.3 is 4.74 Å². The molecule has 0 aliphatic rings. The van der Waals surface area contributed by atoms with Crippen LogP contribution >= 0.6 is 11.3 Å². The van der Waals surface area contributed by atoms with Gasteiger partial charge in [-0.05, 0) is 64.3 Å². The van der Waals surface area contributed by atoms with E-state index >= 15 is 0 Å². The van der Waals surface area contributed by atoms with Crippen molar-refractivity contribution in [3.63, 3.8) is 0 Å². The van der Waals surface area contributed by atoms with Crippen molar-refractivity contribution < 1.29 is 27.1 Å². The van der Waals surface area contributed by atoms with Crippen molar-refractivity contribution in [3.8, 4) is 0 Å². The summed E-state index contributed by atoms with van der Waals surface area (Å²) < 4.78 is 46.1. The van der Waals surface area contributed by atoms with Gasteiger partial charge in [0.15, 0.2) is 5.78 Å². The lowest BCUT2D eigenvalue weighted by Gasteiger charge is -2.19. The maximum absolute atomic E-state index is 12.9. The number of carbonyl (C=O) groups is 2. The molecule has 1 heterocycles. The molecule has 2 aromatic rings. The van der Waals surface area contributed by atoms with Crippen LogP contribution in [0.25, 0.3) is 0 Å². The number of amides is 1. The fraction of sp³-hybridized carbons (Fsp3) is 0.400. The first-order chi connectivity index (χ1) is 13.9. The van der Waals surface area contributed by atoms with Crippen LogP contribution in [0.3, 0.4) is 0 Å². The number of ketones is 1. The molecule has 0 atom stereocenters. The van der Waals surface area contributed by atoms with Gasteiger partial charge in [0.1, 0.15) is 21.3 Å². The molecule has 0 saturated heterocycles. The quantitative estimate of drug-likeness (QED) is 0.454. The first kappa shape index (κ1) is 24.0. The van der Waals surface area contributed by atoms with Crippen LogP contribution in [-0.2, 0) is 21.2 Å². The van der Waals surface area contributed by atoms with Crippen molar-refractivity contribution >= 4 is 38.2 Å². The van der Waals surface area contributed by atoms with Crippen molar-refractivity contribution in [1.29, 1.82) is 0 Å². The van der Waals surface area contributed by atoms with Crippen LogP contribution in [-0.4, -0.2) is 32.4 Å². The molecule has 0 unspecified atom stereocenters. The zero-order valence-corrected chi connectivity index (χ0v) is 18.9. The molecule has 0 bridgehead atoms. The highest BCUT2D eigenvalue weighted by Gasteiger charge is 2.26. The number of hydrogen-bond donors (Lipinski definition) is 2. The van der Waals surface area contributed by atoms with Crippen LogP contribution in [0.4, 0.5) is 14.2 Å². The first-order valence-corrected chi connectivity index (χ1v) is 11.6. The second kappa shape index (κ2) is 9.67. The van der Waals surface area contributed by atoms with Gasteiger partial charge in [-0.2, -0.15) is 0 Å². The molecule has 2 rings (SSSR count). The molecule has 164 valence electrons. The highest BCUT2D eigenvalue weighted by Crippen LogP contribution is 2.32. The summed E-state index contributed by atoms with van der Waals surface area (Å²) in [4.78, 5) is 23.8. The largest absolute Gasteiger partial charge is 0.444 e. The van der Waals surface area contributed by atoms with Gasteiger partial charge in [-0.1, -0.05) is 12.1 Å². The smallest absolute Gasteiger partial charge is 0.412 e. The molecule has 10 heteroatoms. The number of nitrogens with one attached hydrogen (secondary N) is 2. The van der Waals surface area contributed by atoms with Gasteiger partial charge in [0, 0.05) is 6.54 Å². The number of thiophene rings is 1. The van der Waals surface area contributed by atoms with Gasteiger partial charge in [-0.15, -0.1) is 11.3 Å². The Hall–Kier alpha value is -2.30. The number of hydrogen-bond acceptors (Lipinski definition) is 6. The molecule has 30 heavy (non-hydrogen) atoms. The lowest BCUT2D eigenvalue weighted by atomic mass is 10.1. The molecule has 1 aromatic heterocycles. The number of anilines is 1. The van der Waals surface area contributed by atoms with Crippen LogP contribution in [0.2, 0.25) is 0 Å². The van der Waals surface area contributed by atoms with E-state index in [0.29, 0.717) is 12.8 Å². The van der Waals surface area contributed by atoms with Crippen LogP contribution in [0.5, 0.6) is 0 Å². The Morgan fingerprint density at radius 3 is 2.37 bits per heavy atom. The van der Waals surface area contributed by atoms with E-state index in [1.165, 1.54) is 25.1 Å². The van der Waals surface area contributed by atoms with Crippen molar-refractivity contribution in [2.45, 2.75) is 51.0 Å². The van der Waals surface area contributed by atoms with E-state index in [0.717, 1.165) is 16.9 Å². The number of Topliss-reactive ketones (excluding diaryl/α,β-unsaturated/α-hetero) is 1. The summed E-state index contributed by atoms with van der Waals surface area (Å²) in [5, 5.41) is 2.43. The van der Waals surface area contributed by atoms with E-state index in [4.69, 9.17) is 4.74 Å². The lowest BCUT2D eigenvalue weighted by molar-refractivity contribution is 0.0636. The number of rotatable bonds is 8. The van der Waals surface area contributed by atoms with Gasteiger partial charge in [0.2, 0.25) is 10.0 Å². The maximum atomic E-state index is 12.9. The second-order valence-electron chi connectivity index (χ2n) is 7.61. The Balaban J connectivity index is 2.09. The van der Waals surface area contributed by atoms with E-state index in [-0.39, 0.29) is 32.9 Å². The van der Waals surface area contributed by atoms with Gasteiger partial charge in [-0.25, -0.2) is 22.3 Å². The van der Waals surface area contributed by atoms with E-state index < -0.39 is 21.7 Å². The molecule has 0 radical (unpaired) electrons. The number of halogens is 1. The normalized spacial score (nSPS) is 11.9. The number of benzene rings is 1. The topological polar surface area (TPSA) is 102 Å². The Morgan fingerprint density at radius 2 is 1.80 bits per heavy atom. The summed E-state index contributed by atoms with van der Waals surface area (Å²) in [6.45, 7) is 6.50. The van der Waals surface area contributed by atoms with Gasteiger partial charge >= 0.3 is 6.09 Å². The van der Waals surface area contributed by atoms with Crippen LogP contribution < -0.4 is 10.0 Å². The van der Waals surface area contributed by atoms with E-state index in [1.54, 1.807) is 32.9 Å². The average molecular weight is 457 g/mol. The van der Waals surface area contributed by atoms with Crippen molar-refractivity contribution in [2.24, 2.45) is 0 Å². The minimum Gasteiger partial charge on any atom is -0.444 e. The molecule has 0 aliphatic carbocycles. The highest BCUT2D eigenvalue weighted by molar-refractivity contribution is 7.89. The zero-order valence-electron chi connectivity index (χ0n) is 17.2. The predicted molar refractivity (Wildman–Crippen MR) is 114 cm³/mol. The summed E-state index contributed by atoms with van der Waals surface area (Å²) >= 11 is 0.870. The molecule has 0 fully saturated rings. The third kappa shape index (κ3) is 7.19. The summed E-state index contributed by atoms with van der Waals surface area (Å²) in [7, 11) is -3.98. The molecular weight excluding hydrogens is 431 g/mol. The van der Waals surface area contributed by atoms with E-state index in [9.17, 15) is 22.4 Å². The van der Waals surface area contributed by atoms with Crippen LogP contribution in [0.15, 0.2) is 35.2 Å². The number of carbonyl (C=O) groups excluding carboxylic acids is 2. The third-order valence-electron chi connectivity index (χ3n) is 3.80. The van der Waals surface area contributed by atoms with Crippen LogP contribution in [0.1, 0.15) is 49.4 Å². The summed E-state index contributed by atoms with van der Waals surface area (Å²) in [6.07, 6.45) is 0.240. The number of aryl methyl sites for hydroxylation is 1. The van der Waals surface area contributed by atoms with E-state index in [2.05, 4.69) is 10.0 Å². The number of ether oxygens (including phenoxy) is 1. The average Bonchev–Trinajstić information content (AvgIpc) is 3.03. The Kier molecular flexibility index (Phi) is 7.73. The predicted octanol–water partition coefficient (Wildman–Crippen LogP) is 4.35. The van der Waals surface area contributed by atoms with Gasteiger partial charge in [-0.3, -0.25) is 10.1 Å². The fourth-order valence-electron chi connectivity index (χ4n) is 2.46. The standard InChI is InChI=1S/C20H25FN2O5S2/c1-13(24)16-12-17(18(29-16)23-19(25)28-20(2,3)4)30(26,27)22-11-5-6-14-7-9-15(21)10-8-14/h7-10,12,22H,5-6,11H2,1-4H3,(H,23,25). The van der Waals surface area contributed by atoms with Crippen LogP contribution in [0, 0.1) is 5.82 Å². The van der Waals surface area contributed by atoms with Crippen molar-refractivity contribution in [3.05, 3.63) is 46.6 Å². The Bertz CT molecular complexity index is 1010. The molecular formula is C20H25FN2O5S2. The third-order valence-corrected chi connectivity index (χ3v) is 6.56. The second-order valence-corrected chi connectivity index (χ2v) is 10.4. The summed E-state index contributed by atoms with van der Waals surface area (Å²) in [5.74, 6) is -0.645. The minimum atomic E-state index is -3.98. The van der Waals surface area contributed by atoms with E-state index in [1.807, 2.05) is 0 Å².